The fourth-order valence-electron chi connectivity index (χ4n) is 2.39. The first-order valence-corrected chi connectivity index (χ1v) is 8.00. The minimum Gasteiger partial charge on any atom is -0.361 e. The number of rotatable bonds is 6. The molecule has 5 nitrogen and oxygen atoms in total. The molecule has 24 heavy (non-hydrogen) atoms. The molecule has 5 heteroatoms. The molecule has 0 aliphatic carbocycles. The average Bonchev–Trinajstić information content (AvgIpc) is 3.11. The van der Waals surface area contributed by atoms with Crippen molar-refractivity contribution in [2.45, 2.75) is 19.8 Å². The van der Waals surface area contributed by atoms with Crippen LogP contribution in [0.2, 0.25) is 0 Å². The van der Waals surface area contributed by atoms with Gasteiger partial charge in [-0.1, -0.05) is 30.3 Å². The second kappa shape index (κ2) is 7.55. The summed E-state index contributed by atoms with van der Waals surface area (Å²) in [6.45, 7) is 2.56. The van der Waals surface area contributed by atoms with Crippen molar-refractivity contribution in [2.75, 3.05) is 6.54 Å². The maximum atomic E-state index is 12.0. The highest BCUT2D eigenvalue weighted by atomic mass is 16.5. The Bertz CT molecular complexity index is 812. The lowest BCUT2D eigenvalue weighted by Crippen LogP contribution is -2.25. The first kappa shape index (κ1) is 15.9. The van der Waals surface area contributed by atoms with Crippen molar-refractivity contribution in [2.24, 2.45) is 0 Å². The van der Waals surface area contributed by atoms with Gasteiger partial charge in [-0.25, -0.2) is 0 Å². The number of nitrogens with one attached hydrogen (secondary N) is 1. The Hall–Kier alpha value is -2.95. The molecule has 0 saturated heterocycles. The molecule has 1 N–H and O–H groups in total. The SMILES string of the molecule is CCc1cc(-c2cc(CCNC(=O)c3ccccc3)on2)ccn1. The Kier molecular flexibility index (Phi) is 5.01. The van der Waals surface area contributed by atoms with Crippen LogP contribution in [0.15, 0.2) is 59.3 Å². The minimum atomic E-state index is -0.0861. The number of hydrogen-bond acceptors (Lipinski definition) is 4. The molecule has 2 heterocycles. The smallest absolute Gasteiger partial charge is 0.251 e. The summed E-state index contributed by atoms with van der Waals surface area (Å²) < 4.78 is 5.36. The fraction of sp³-hybridized carbons (Fsp3) is 0.211. The van der Waals surface area contributed by atoms with E-state index in [9.17, 15) is 4.79 Å². The van der Waals surface area contributed by atoms with Crippen molar-refractivity contribution in [1.29, 1.82) is 0 Å². The third-order valence-electron chi connectivity index (χ3n) is 3.73. The zero-order valence-electron chi connectivity index (χ0n) is 13.5. The van der Waals surface area contributed by atoms with Gasteiger partial charge in [0.15, 0.2) is 0 Å². The van der Waals surface area contributed by atoms with Gasteiger partial charge in [-0.2, -0.15) is 0 Å². The summed E-state index contributed by atoms with van der Waals surface area (Å²) in [5.74, 6) is 0.658. The van der Waals surface area contributed by atoms with Crippen LogP contribution in [0, 0.1) is 0 Å². The Morgan fingerprint density at radius 1 is 1.17 bits per heavy atom. The number of nitrogens with zero attached hydrogens (tertiary/aromatic N) is 2. The second-order valence-electron chi connectivity index (χ2n) is 5.44. The van der Waals surface area contributed by atoms with E-state index in [-0.39, 0.29) is 5.91 Å². The summed E-state index contributed by atoms with van der Waals surface area (Å²) in [6, 6.07) is 15.0. The molecule has 0 bridgehead atoms. The van der Waals surface area contributed by atoms with E-state index in [2.05, 4.69) is 22.4 Å². The second-order valence-corrected chi connectivity index (χ2v) is 5.44. The number of aryl methyl sites for hydroxylation is 1. The largest absolute Gasteiger partial charge is 0.361 e. The molecule has 0 aliphatic rings. The summed E-state index contributed by atoms with van der Waals surface area (Å²) in [5.41, 5.74) is 3.45. The van der Waals surface area contributed by atoms with Crippen molar-refractivity contribution < 1.29 is 9.32 Å². The Labute approximate surface area is 140 Å². The van der Waals surface area contributed by atoms with Crippen LogP contribution >= 0.6 is 0 Å². The molecule has 0 fully saturated rings. The van der Waals surface area contributed by atoms with Crippen molar-refractivity contribution >= 4 is 5.91 Å². The van der Waals surface area contributed by atoms with Gasteiger partial charge in [-0.15, -0.1) is 0 Å². The lowest BCUT2D eigenvalue weighted by molar-refractivity contribution is 0.0953. The number of aromatic nitrogens is 2. The zero-order valence-corrected chi connectivity index (χ0v) is 13.5. The van der Waals surface area contributed by atoms with Crippen molar-refractivity contribution in [3.63, 3.8) is 0 Å². The fourth-order valence-corrected chi connectivity index (χ4v) is 2.39. The van der Waals surface area contributed by atoms with Crippen LogP contribution < -0.4 is 5.32 Å². The van der Waals surface area contributed by atoms with Crippen molar-refractivity contribution in [1.82, 2.24) is 15.5 Å². The zero-order chi connectivity index (χ0) is 16.8. The number of benzene rings is 1. The van der Waals surface area contributed by atoms with Crippen LogP contribution in [0.5, 0.6) is 0 Å². The van der Waals surface area contributed by atoms with E-state index in [4.69, 9.17) is 4.52 Å². The highest BCUT2D eigenvalue weighted by Crippen LogP contribution is 2.19. The molecule has 0 unspecified atom stereocenters. The Morgan fingerprint density at radius 2 is 2.00 bits per heavy atom. The molecule has 0 aliphatic heterocycles. The highest BCUT2D eigenvalue weighted by Gasteiger charge is 2.09. The van der Waals surface area contributed by atoms with Crippen molar-refractivity contribution in [3.8, 4) is 11.3 Å². The van der Waals surface area contributed by atoms with Gasteiger partial charge >= 0.3 is 0 Å². The molecule has 0 spiro atoms. The highest BCUT2D eigenvalue weighted by molar-refractivity contribution is 5.94. The number of amides is 1. The van der Waals surface area contributed by atoms with Crippen LogP contribution in [-0.2, 0) is 12.8 Å². The van der Waals surface area contributed by atoms with E-state index in [1.807, 2.05) is 36.4 Å². The average molecular weight is 321 g/mol. The standard InChI is InChI=1S/C19H19N3O2/c1-2-16-12-15(8-10-20-16)18-13-17(24-22-18)9-11-21-19(23)14-6-4-3-5-7-14/h3-8,10,12-13H,2,9,11H2,1H3,(H,21,23). The molecule has 0 saturated carbocycles. The maximum Gasteiger partial charge on any atom is 0.251 e. The van der Waals surface area contributed by atoms with E-state index in [1.54, 1.807) is 18.3 Å². The van der Waals surface area contributed by atoms with E-state index < -0.39 is 0 Å². The van der Waals surface area contributed by atoms with E-state index in [0.29, 0.717) is 18.5 Å². The van der Waals surface area contributed by atoms with Gasteiger partial charge in [-0.05, 0) is 30.7 Å². The third-order valence-corrected chi connectivity index (χ3v) is 3.73. The van der Waals surface area contributed by atoms with Gasteiger partial charge in [0.2, 0.25) is 0 Å². The first-order chi connectivity index (χ1) is 11.8. The summed E-state index contributed by atoms with van der Waals surface area (Å²) in [7, 11) is 0. The summed E-state index contributed by atoms with van der Waals surface area (Å²) >= 11 is 0. The van der Waals surface area contributed by atoms with E-state index in [0.717, 1.165) is 29.1 Å². The van der Waals surface area contributed by atoms with Gasteiger partial charge in [0, 0.05) is 42.0 Å². The van der Waals surface area contributed by atoms with Gasteiger partial charge in [0.25, 0.3) is 5.91 Å². The van der Waals surface area contributed by atoms with Gasteiger partial charge in [0.05, 0.1) is 0 Å². The molecular weight excluding hydrogens is 302 g/mol. The third kappa shape index (κ3) is 3.87. The van der Waals surface area contributed by atoms with Crippen LogP contribution in [0.25, 0.3) is 11.3 Å². The predicted molar refractivity (Wildman–Crippen MR) is 91.6 cm³/mol. The van der Waals surface area contributed by atoms with E-state index in [1.165, 1.54) is 0 Å². The lowest BCUT2D eigenvalue weighted by Gasteiger charge is -2.03. The van der Waals surface area contributed by atoms with E-state index >= 15 is 0 Å². The van der Waals surface area contributed by atoms with Gasteiger partial charge < -0.3 is 9.84 Å². The Balaban J connectivity index is 1.57. The molecular formula is C19H19N3O2. The molecule has 0 radical (unpaired) electrons. The molecule has 1 aromatic carbocycles. The number of carbonyl (C=O) groups is 1. The summed E-state index contributed by atoms with van der Waals surface area (Å²) in [5, 5.41) is 6.98. The molecule has 122 valence electrons. The molecule has 2 aromatic heterocycles. The molecule has 1 amide bonds. The van der Waals surface area contributed by atoms with Crippen LogP contribution in [0.4, 0.5) is 0 Å². The normalized spacial score (nSPS) is 10.5. The van der Waals surface area contributed by atoms with Gasteiger partial charge in [0.1, 0.15) is 11.5 Å². The minimum absolute atomic E-state index is 0.0861. The lowest BCUT2D eigenvalue weighted by atomic mass is 10.1. The van der Waals surface area contributed by atoms with Crippen molar-refractivity contribution in [3.05, 3.63) is 71.7 Å². The molecule has 3 aromatic rings. The molecule has 0 atom stereocenters. The Morgan fingerprint density at radius 3 is 2.79 bits per heavy atom. The number of carbonyl (C=O) groups excluding carboxylic acids is 1. The summed E-state index contributed by atoms with van der Waals surface area (Å²) in [4.78, 5) is 16.2. The first-order valence-electron chi connectivity index (χ1n) is 8.00. The van der Waals surface area contributed by atoms with Crippen LogP contribution in [-0.4, -0.2) is 22.6 Å². The van der Waals surface area contributed by atoms with Gasteiger partial charge in [-0.3, -0.25) is 9.78 Å². The quantitative estimate of drug-likeness (QED) is 0.756. The topological polar surface area (TPSA) is 68.0 Å². The maximum absolute atomic E-state index is 12.0. The number of hydrogen-bond donors (Lipinski definition) is 1. The predicted octanol–water partition coefficient (Wildman–Crippen LogP) is 3.27. The van der Waals surface area contributed by atoms with Crippen LogP contribution in [0.1, 0.15) is 28.7 Å². The number of pyridine rings is 1. The summed E-state index contributed by atoms with van der Waals surface area (Å²) in [6.07, 6.45) is 3.25. The van der Waals surface area contributed by atoms with Crippen LogP contribution in [0.3, 0.4) is 0 Å². The monoisotopic (exact) mass is 321 g/mol. The molecule has 3 rings (SSSR count).